The Morgan fingerprint density at radius 2 is 0.875 bits per heavy atom. The molecule has 1 aliphatic carbocycles. The third-order valence-electron chi connectivity index (χ3n) is 4.18. The summed E-state index contributed by atoms with van der Waals surface area (Å²) >= 11 is 0. The molecule has 2 nitrogen and oxygen atoms in total. The minimum atomic E-state index is 0.823. The molecule has 0 aromatic rings. The third kappa shape index (κ3) is 4.42. The molecule has 2 N–H and O–H groups in total. The Morgan fingerprint density at radius 1 is 0.500 bits per heavy atom. The van der Waals surface area contributed by atoms with Gasteiger partial charge in [0.1, 0.15) is 0 Å². The van der Waals surface area contributed by atoms with E-state index in [4.69, 9.17) is 0 Å². The maximum atomic E-state index is 3.76. The van der Waals surface area contributed by atoms with Crippen molar-refractivity contribution in [3.8, 4) is 0 Å². The van der Waals surface area contributed by atoms with Crippen LogP contribution < -0.4 is 10.6 Å². The van der Waals surface area contributed by atoms with Gasteiger partial charge >= 0.3 is 0 Å². The summed E-state index contributed by atoms with van der Waals surface area (Å²) in [6.07, 6.45) is 14.0. The molecule has 0 amide bonds. The number of nitrogens with one attached hydrogen (secondary N) is 2. The quantitative estimate of drug-likeness (QED) is 0.661. The van der Waals surface area contributed by atoms with Crippen LogP contribution in [-0.4, -0.2) is 25.2 Å². The Labute approximate surface area is 101 Å². The predicted molar refractivity (Wildman–Crippen MR) is 69.8 cm³/mol. The number of hydrogen-bond acceptors (Lipinski definition) is 2. The van der Waals surface area contributed by atoms with Crippen molar-refractivity contribution in [2.75, 3.05) is 13.1 Å². The van der Waals surface area contributed by atoms with E-state index in [0.717, 1.165) is 12.1 Å². The molecule has 2 bridgehead atoms. The monoisotopic (exact) mass is 224 g/mol. The predicted octanol–water partition coefficient (Wildman–Crippen LogP) is 2.83. The maximum Gasteiger partial charge on any atom is 0.00670 e. The van der Waals surface area contributed by atoms with Crippen molar-refractivity contribution in [2.24, 2.45) is 0 Å². The topological polar surface area (TPSA) is 24.1 Å². The lowest BCUT2D eigenvalue weighted by Crippen LogP contribution is -2.35. The average molecular weight is 224 g/mol. The molecule has 0 atom stereocenters. The number of rotatable bonds is 0. The van der Waals surface area contributed by atoms with Gasteiger partial charge in [-0.25, -0.2) is 0 Å². The molecule has 2 aliphatic heterocycles. The van der Waals surface area contributed by atoms with Gasteiger partial charge in [-0.05, 0) is 51.6 Å². The molecule has 3 rings (SSSR count). The van der Waals surface area contributed by atoms with E-state index in [-0.39, 0.29) is 0 Å². The minimum Gasteiger partial charge on any atom is -0.314 e. The zero-order valence-corrected chi connectivity index (χ0v) is 10.6. The van der Waals surface area contributed by atoms with Crippen molar-refractivity contribution in [3.63, 3.8) is 0 Å². The van der Waals surface area contributed by atoms with E-state index in [1.165, 1.54) is 77.3 Å². The van der Waals surface area contributed by atoms with E-state index in [0.29, 0.717) is 0 Å². The van der Waals surface area contributed by atoms with Gasteiger partial charge in [0.25, 0.3) is 0 Å². The van der Waals surface area contributed by atoms with Crippen LogP contribution in [-0.2, 0) is 0 Å². The lowest BCUT2D eigenvalue weighted by atomic mass is 9.94. The van der Waals surface area contributed by atoms with E-state index < -0.39 is 0 Å². The molecule has 0 unspecified atom stereocenters. The highest BCUT2D eigenvalue weighted by atomic mass is 14.9. The summed E-state index contributed by atoms with van der Waals surface area (Å²) in [5, 5.41) is 7.52. The Kier molecular flexibility index (Phi) is 5.64. The molecular formula is C14H28N2. The first-order chi connectivity index (χ1) is 7.95. The molecule has 2 saturated heterocycles. The second-order valence-electron chi connectivity index (χ2n) is 5.58. The van der Waals surface area contributed by atoms with Crippen molar-refractivity contribution in [1.82, 2.24) is 10.6 Å². The van der Waals surface area contributed by atoms with Crippen LogP contribution in [0.3, 0.4) is 0 Å². The first-order valence-electron chi connectivity index (χ1n) is 7.42. The molecule has 0 spiro atoms. The van der Waals surface area contributed by atoms with Crippen molar-refractivity contribution >= 4 is 0 Å². The third-order valence-corrected chi connectivity index (χ3v) is 4.18. The fraction of sp³-hybridized carbons (Fsp3) is 1.00. The highest BCUT2D eigenvalue weighted by molar-refractivity contribution is 4.74. The Hall–Kier alpha value is -0.0800. The zero-order valence-electron chi connectivity index (χ0n) is 10.6. The summed E-state index contributed by atoms with van der Waals surface area (Å²) in [7, 11) is 0. The summed E-state index contributed by atoms with van der Waals surface area (Å²) in [6.45, 7) is 2.47. The second-order valence-corrected chi connectivity index (χ2v) is 5.58. The van der Waals surface area contributed by atoms with Crippen LogP contribution in [0.25, 0.3) is 0 Å². The van der Waals surface area contributed by atoms with Gasteiger partial charge in [0, 0.05) is 12.1 Å². The van der Waals surface area contributed by atoms with Gasteiger partial charge in [-0.2, -0.15) is 0 Å². The van der Waals surface area contributed by atoms with Crippen molar-refractivity contribution < 1.29 is 0 Å². The van der Waals surface area contributed by atoms with Crippen LogP contribution in [0, 0.1) is 0 Å². The molecule has 94 valence electrons. The van der Waals surface area contributed by atoms with Gasteiger partial charge in [-0.1, -0.05) is 25.7 Å². The van der Waals surface area contributed by atoms with Gasteiger partial charge in [0.15, 0.2) is 0 Å². The van der Waals surface area contributed by atoms with Crippen LogP contribution in [0.15, 0.2) is 0 Å². The molecule has 3 fully saturated rings. The van der Waals surface area contributed by atoms with Crippen LogP contribution >= 0.6 is 0 Å². The van der Waals surface area contributed by atoms with Gasteiger partial charge < -0.3 is 10.6 Å². The highest BCUT2D eigenvalue weighted by Gasteiger charge is 2.14. The van der Waals surface area contributed by atoms with Crippen LogP contribution in [0.4, 0.5) is 0 Å². The van der Waals surface area contributed by atoms with E-state index in [1.54, 1.807) is 0 Å². The standard InChI is InChI=1S/C14H28N2/c1-2-8-14-10-4-3-9-13(7-1)15-11-5-6-12-16-14/h13-16H,1-12H2. The maximum absolute atomic E-state index is 3.76. The van der Waals surface area contributed by atoms with Crippen LogP contribution in [0.1, 0.15) is 64.2 Å². The van der Waals surface area contributed by atoms with Gasteiger partial charge in [0.05, 0.1) is 0 Å². The Morgan fingerprint density at radius 3 is 1.25 bits per heavy atom. The van der Waals surface area contributed by atoms with E-state index in [9.17, 15) is 0 Å². The molecule has 3 aliphatic rings. The molecule has 1 saturated carbocycles. The Bertz CT molecular complexity index is 144. The van der Waals surface area contributed by atoms with Gasteiger partial charge in [0.2, 0.25) is 0 Å². The van der Waals surface area contributed by atoms with Crippen molar-refractivity contribution in [2.45, 2.75) is 76.3 Å². The van der Waals surface area contributed by atoms with E-state index in [1.807, 2.05) is 0 Å². The second kappa shape index (κ2) is 7.29. The normalized spacial score (nSPS) is 34.5. The number of fused-ring (bicyclic) bond motifs is 11. The molecule has 2 heteroatoms. The molecule has 16 heavy (non-hydrogen) atoms. The fourth-order valence-corrected chi connectivity index (χ4v) is 3.12. The Balaban J connectivity index is 1.90. The highest BCUT2D eigenvalue weighted by Crippen LogP contribution is 2.18. The summed E-state index contributed by atoms with van der Waals surface area (Å²) in [5.74, 6) is 0. The van der Waals surface area contributed by atoms with Crippen LogP contribution in [0.2, 0.25) is 0 Å². The first kappa shape index (κ1) is 12.4. The molecule has 2 heterocycles. The fourth-order valence-electron chi connectivity index (χ4n) is 3.12. The first-order valence-corrected chi connectivity index (χ1v) is 7.42. The average Bonchev–Trinajstić information content (AvgIpc) is 2.28. The summed E-state index contributed by atoms with van der Waals surface area (Å²) in [5.41, 5.74) is 0. The summed E-state index contributed by atoms with van der Waals surface area (Å²) < 4.78 is 0. The van der Waals surface area contributed by atoms with Crippen molar-refractivity contribution in [3.05, 3.63) is 0 Å². The zero-order chi connectivity index (χ0) is 11.1. The van der Waals surface area contributed by atoms with Gasteiger partial charge in [-0.3, -0.25) is 0 Å². The minimum absolute atomic E-state index is 0.823. The van der Waals surface area contributed by atoms with Crippen molar-refractivity contribution in [1.29, 1.82) is 0 Å². The van der Waals surface area contributed by atoms with E-state index >= 15 is 0 Å². The number of hydrogen-bond donors (Lipinski definition) is 2. The van der Waals surface area contributed by atoms with Gasteiger partial charge in [-0.15, -0.1) is 0 Å². The molecule has 0 aromatic carbocycles. The lowest BCUT2D eigenvalue weighted by molar-refractivity contribution is 0.345. The SMILES string of the molecule is C1CCNC2CCCCC(CCCC2)NC1. The molecule has 0 radical (unpaired) electrons. The lowest BCUT2D eigenvalue weighted by Gasteiger charge is -2.25. The molecule has 0 aromatic heterocycles. The summed E-state index contributed by atoms with van der Waals surface area (Å²) in [4.78, 5) is 0. The largest absolute Gasteiger partial charge is 0.314 e. The smallest absolute Gasteiger partial charge is 0.00670 e. The summed E-state index contributed by atoms with van der Waals surface area (Å²) in [6, 6.07) is 1.65. The molecular weight excluding hydrogens is 196 g/mol. The van der Waals surface area contributed by atoms with Crippen LogP contribution in [0.5, 0.6) is 0 Å². The van der Waals surface area contributed by atoms with E-state index in [2.05, 4.69) is 10.6 Å².